The summed E-state index contributed by atoms with van der Waals surface area (Å²) in [7, 11) is 1.48. The molecule has 7 heteroatoms. The van der Waals surface area contributed by atoms with Crippen molar-refractivity contribution in [2.45, 2.75) is 18.6 Å². The average Bonchev–Trinajstić information content (AvgIpc) is 2.38. The van der Waals surface area contributed by atoms with Crippen molar-refractivity contribution in [1.29, 1.82) is 5.26 Å². The highest BCUT2D eigenvalue weighted by Gasteiger charge is 2.31. The molecule has 0 saturated heterocycles. The lowest BCUT2D eigenvalue weighted by atomic mass is 10.1. The minimum Gasteiger partial charge on any atom is -0.396 e. The summed E-state index contributed by atoms with van der Waals surface area (Å²) in [4.78, 5) is 0. The zero-order valence-corrected chi connectivity index (χ0v) is 10.9. The number of anilines is 1. The van der Waals surface area contributed by atoms with E-state index in [0.29, 0.717) is 6.42 Å². The summed E-state index contributed by atoms with van der Waals surface area (Å²) in [5, 5.41) is 20.8. The van der Waals surface area contributed by atoms with Crippen molar-refractivity contribution >= 4 is 5.69 Å². The number of rotatable bonds is 6. The van der Waals surface area contributed by atoms with Crippen LogP contribution in [0.1, 0.15) is 17.5 Å². The second-order valence-electron chi connectivity index (χ2n) is 4.18. The van der Waals surface area contributed by atoms with Crippen LogP contribution in [0.15, 0.2) is 18.2 Å². The number of alkyl halides is 3. The normalized spacial score (nSPS) is 12.8. The standard InChI is InChI=1S/C13H15F3N2O2/c1-20-8-11(4-5-19)18-12-3-2-10(13(14,15)16)6-9(12)7-17/h2-3,6,11,18-19H,4-5,8H2,1H3. The van der Waals surface area contributed by atoms with Gasteiger partial charge >= 0.3 is 6.18 Å². The number of ether oxygens (including phenoxy) is 1. The van der Waals surface area contributed by atoms with Gasteiger partial charge in [0, 0.05) is 13.7 Å². The second-order valence-corrected chi connectivity index (χ2v) is 4.18. The molecule has 1 rings (SSSR count). The molecule has 0 heterocycles. The van der Waals surface area contributed by atoms with Crippen molar-refractivity contribution in [1.82, 2.24) is 0 Å². The Hall–Kier alpha value is -1.78. The Kier molecular flexibility index (Phi) is 5.80. The molecule has 0 aliphatic rings. The van der Waals surface area contributed by atoms with Crippen LogP contribution in [0.4, 0.5) is 18.9 Å². The summed E-state index contributed by atoms with van der Waals surface area (Å²) in [6, 6.07) is 4.36. The van der Waals surface area contributed by atoms with Crippen LogP contribution in [0.3, 0.4) is 0 Å². The van der Waals surface area contributed by atoms with Gasteiger partial charge in [0.15, 0.2) is 0 Å². The number of methoxy groups -OCH3 is 1. The van der Waals surface area contributed by atoms with Gasteiger partial charge in [0.1, 0.15) is 6.07 Å². The van der Waals surface area contributed by atoms with Crippen LogP contribution in [0.25, 0.3) is 0 Å². The fourth-order valence-electron chi connectivity index (χ4n) is 1.71. The average molecular weight is 288 g/mol. The number of halogens is 3. The monoisotopic (exact) mass is 288 g/mol. The first kappa shape index (κ1) is 16.3. The van der Waals surface area contributed by atoms with Gasteiger partial charge in [-0.15, -0.1) is 0 Å². The largest absolute Gasteiger partial charge is 0.416 e. The topological polar surface area (TPSA) is 65.3 Å². The zero-order valence-electron chi connectivity index (χ0n) is 10.9. The first-order chi connectivity index (χ1) is 9.42. The number of hydrogen-bond acceptors (Lipinski definition) is 4. The molecule has 20 heavy (non-hydrogen) atoms. The van der Waals surface area contributed by atoms with Gasteiger partial charge in [-0.1, -0.05) is 0 Å². The summed E-state index contributed by atoms with van der Waals surface area (Å²) in [6.07, 6.45) is -4.12. The maximum Gasteiger partial charge on any atom is 0.416 e. The molecule has 2 N–H and O–H groups in total. The van der Waals surface area contributed by atoms with E-state index >= 15 is 0 Å². The minimum absolute atomic E-state index is 0.0937. The van der Waals surface area contributed by atoms with E-state index in [2.05, 4.69) is 5.32 Å². The lowest BCUT2D eigenvalue weighted by molar-refractivity contribution is -0.137. The number of hydrogen-bond donors (Lipinski definition) is 2. The first-order valence-corrected chi connectivity index (χ1v) is 5.90. The lowest BCUT2D eigenvalue weighted by Crippen LogP contribution is -2.26. The third-order valence-corrected chi connectivity index (χ3v) is 2.67. The van der Waals surface area contributed by atoms with Gasteiger partial charge in [-0.2, -0.15) is 18.4 Å². The van der Waals surface area contributed by atoms with Crippen LogP contribution in [-0.4, -0.2) is 31.5 Å². The van der Waals surface area contributed by atoms with Crippen LogP contribution < -0.4 is 5.32 Å². The number of nitriles is 1. The van der Waals surface area contributed by atoms with E-state index in [9.17, 15) is 13.2 Å². The van der Waals surface area contributed by atoms with E-state index in [-0.39, 0.29) is 30.5 Å². The van der Waals surface area contributed by atoms with E-state index in [1.807, 2.05) is 0 Å². The lowest BCUT2D eigenvalue weighted by Gasteiger charge is -2.19. The number of aliphatic hydroxyl groups excluding tert-OH is 1. The summed E-state index contributed by atoms with van der Waals surface area (Å²) in [6.45, 7) is 0.177. The molecule has 0 fully saturated rings. The Labute approximate surface area is 114 Å². The van der Waals surface area contributed by atoms with Crippen LogP contribution in [-0.2, 0) is 10.9 Å². The Morgan fingerprint density at radius 1 is 1.45 bits per heavy atom. The fourth-order valence-corrected chi connectivity index (χ4v) is 1.71. The van der Waals surface area contributed by atoms with E-state index < -0.39 is 11.7 Å². The molecule has 1 aromatic carbocycles. The Balaban J connectivity index is 2.98. The molecule has 0 saturated carbocycles. The van der Waals surface area contributed by atoms with Crippen molar-refractivity contribution in [2.75, 3.05) is 25.6 Å². The zero-order chi connectivity index (χ0) is 15.2. The van der Waals surface area contributed by atoms with Crippen molar-refractivity contribution < 1.29 is 23.0 Å². The van der Waals surface area contributed by atoms with Gasteiger partial charge in [0.25, 0.3) is 0 Å². The van der Waals surface area contributed by atoms with E-state index in [1.165, 1.54) is 13.2 Å². The van der Waals surface area contributed by atoms with Crippen LogP contribution >= 0.6 is 0 Å². The molecule has 1 atom stereocenters. The third kappa shape index (κ3) is 4.40. The molecule has 110 valence electrons. The molecule has 0 radical (unpaired) electrons. The molecular formula is C13H15F3N2O2. The Bertz CT molecular complexity index is 477. The molecule has 1 unspecified atom stereocenters. The highest BCUT2D eigenvalue weighted by atomic mass is 19.4. The van der Waals surface area contributed by atoms with Crippen LogP contribution in [0, 0.1) is 11.3 Å². The first-order valence-electron chi connectivity index (χ1n) is 5.90. The highest BCUT2D eigenvalue weighted by molar-refractivity contribution is 5.59. The van der Waals surface area contributed by atoms with E-state index in [4.69, 9.17) is 15.1 Å². The number of benzene rings is 1. The summed E-state index contributed by atoms with van der Waals surface area (Å²) < 4.78 is 42.6. The highest BCUT2D eigenvalue weighted by Crippen LogP contribution is 2.31. The van der Waals surface area contributed by atoms with Gasteiger partial charge in [-0.25, -0.2) is 0 Å². The SMILES string of the molecule is COCC(CCO)Nc1ccc(C(F)(F)F)cc1C#N. The van der Waals surface area contributed by atoms with Gasteiger partial charge in [-0.05, 0) is 24.6 Å². The van der Waals surface area contributed by atoms with Gasteiger partial charge in [0.05, 0.1) is 29.5 Å². The summed E-state index contributed by atoms with van der Waals surface area (Å²) in [5.74, 6) is 0. The van der Waals surface area contributed by atoms with Crippen molar-refractivity contribution in [2.24, 2.45) is 0 Å². The van der Waals surface area contributed by atoms with Gasteiger partial charge in [-0.3, -0.25) is 0 Å². The van der Waals surface area contributed by atoms with Crippen molar-refractivity contribution in [3.05, 3.63) is 29.3 Å². The third-order valence-electron chi connectivity index (χ3n) is 2.67. The number of nitrogens with zero attached hydrogens (tertiary/aromatic N) is 1. The smallest absolute Gasteiger partial charge is 0.396 e. The molecule has 0 amide bonds. The molecule has 0 aliphatic carbocycles. The van der Waals surface area contributed by atoms with Crippen LogP contribution in [0.5, 0.6) is 0 Å². The maximum atomic E-state index is 12.6. The van der Waals surface area contributed by atoms with Gasteiger partial charge in [0.2, 0.25) is 0 Å². The number of nitrogens with one attached hydrogen (secondary N) is 1. The minimum atomic E-state index is -4.48. The molecule has 1 aromatic rings. The fraction of sp³-hybridized carbons (Fsp3) is 0.462. The molecule has 0 bridgehead atoms. The van der Waals surface area contributed by atoms with Gasteiger partial charge < -0.3 is 15.2 Å². The maximum absolute atomic E-state index is 12.6. The molecule has 0 spiro atoms. The van der Waals surface area contributed by atoms with E-state index in [0.717, 1.165) is 12.1 Å². The Morgan fingerprint density at radius 3 is 2.65 bits per heavy atom. The second kappa shape index (κ2) is 7.12. The molecular weight excluding hydrogens is 273 g/mol. The predicted octanol–water partition coefficient (Wildman–Crippen LogP) is 2.39. The van der Waals surface area contributed by atoms with Crippen molar-refractivity contribution in [3.8, 4) is 6.07 Å². The summed E-state index contributed by atoms with van der Waals surface area (Å²) in [5.41, 5.74) is -0.681. The van der Waals surface area contributed by atoms with Crippen molar-refractivity contribution in [3.63, 3.8) is 0 Å². The number of aliphatic hydroxyl groups is 1. The summed E-state index contributed by atoms with van der Waals surface area (Å²) >= 11 is 0. The molecule has 0 aliphatic heterocycles. The molecule has 4 nitrogen and oxygen atoms in total. The quantitative estimate of drug-likeness (QED) is 0.843. The Morgan fingerprint density at radius 2 is 2.15 bits per heavy atom. The van der Waals surface area contributed by atoms with E-state index in [1.54, 1.807) is 6.07 Å². The van der Waals surface area contributed by atoms with Crippen LogP contribution in [0.2, 0.25) is 0 Å². The molecule has 0 aromatic heterocycles. The predicted molar refractivity (Wildman–Crippen MR) is 67.1 cm³/mol.